The molecule has 0 aliphatic carbocycles. The molecule has 0 fully saturated rings. The van der Waals surface area contributed by atoms with E-state index in [9.17, 15) is 13.6 Å². The molecule has 38 heavy (non-hydrogen) atoms. The molecule has 0 spiro atoms. The van der Waals surface area contributed by atoms with Gasteiger partial charge in [0.05, 0.1) is 6.61 Å². The Bertz CT molecular complexity index is 1310. The van der Waals surface area contributed by atoms with Gasteiger partial charge in [0.25, 0.3) is 5.91 Å². The van der Waals surface area contributed by atoms with E-state index in [0.717, 1.165) is 28.2 Å². The zero-order chi connectivity index (χ0) is 27.1. The summed E-state index contributed by atoms with van der Waals surface area (Å²) in [5.74, 6) is -0.691. The second kappa shape index (κ2) is 12.5. The molecule has 0 bridgehead atoms. The summed E-state index contributed by atoms with van der Waals surface area (Å²) in [4.78, 5) is 18.4. The van der Waals surface area contributed by atoms with Crippen LogP contribution in [0.3, 0.4) is 0 Å². The largest absolute Gasteiger partial charge is 0.494 e. The first-order chi connectivity index (χ1) is 18.3. The molecule has 3 N–H and O–H groups in total. The Hall–Kier alpha value is -3.34. The number of aliphatic hydroxyl groups is 1. The molecule has 3 aromatic carbocycles. The van der Waals surface area contributed by atoms with E-state index in [4.69, 9.17) is 19.6 Å². The van der Waals surface area contributed by atoms with E-state index in [1.54, 1.807) is 31.2 Å². The number of hydrogen-bond donors (Lipinski definition) is 3. The minimum Gasteiger partial charge on any atom is -0.494 e. The number of nitrogens with one attached hydrogen (secondary N) is 2. The van der Waals surface area contributed by atoms with Crippen molar-refractivity contribution < 1.29 is 28.2 Å². The average Bonchev–Trinajstić information content (AvgIpc) is 3.25. The Morgan fingerprint density at radius 3 is 2.63 bits per heavy atom. The highest BCUT2D eigenvalue weighted by Gasteiger charge is 2.50. The summed E-state index contributed by atoms with van der Waals surface area (Å²) in [7, 11) is 0. The number of nitrogens with zero attached hydrogens (tertiary/aromatic N) is 1. The van der Waals surface area contributed by atoms with Crippen LogP contribution in [0.15, 0.2) is 76.2 Å². The van der Waals surface area contributed by atoms with Crippen molar-refractivity contribution in [3.8, 4) is 5.75 Å². The van der Waals surface area contributed by atoms with Gasteiger partial charge in [-0.3, -0.25) is 10.2 Å². The van der Waals surface area contributed by atoms with Gasteiger partial charge >= 0.3 is 0 Å². The number of halogens is 3. The van der Waals surface area contributed by atoms with E-state index in [1.807, 2.05) is 24.3 Å². The minimum atomic E-state index is -1.34. The van der Waals surface area contributed by atoms with Gasteiger partial charge in [-0.2, -0.15) is 0 Å². The molecule has 1 aliphatic heterocycles. The zero-order valence-electron chi connectivity index (χ0n) is 20.7. The van der Waals surface area contributed by atoms with E-state index in [1.165, 1.54) is 0 Å². The highest BCUT2D eigenvalue weighted by Crippen LogP contribution is 2.34. The summed E-state index contributed by atoms with van der Waals surface area (Å²) < 4.78 is 40.1. The van der Waals surface area contributed by atoms with Crippen molar-refractivity contribution in [1.82, 2.24) is 10.9 Å². The minimum absolute atomic E-state index is 0.0499. The number of rotatable bonds is 11. The molecule has 1 aliphatic rings. The lowest BCUT2D eigenvalue weighted by Gasteiger charge is -2.28. The van der Waals surface area contributed by atoms with Crippen molar-refractivity contribution in [2.75, 3.05) is 13.2 Å². The standard InChI is InChI=1S/C28H28BrF2N3O4/c1-18-28(16-20-5-2-3-6-24(20)29,27(36)34-32-17-21-15-22(30)9-12-25(21)31)33-26(38-18)19-7-10-23(11-8-19)37-14-4-13-35/h2-3,5-12,15,18,32,35H,4,13-14,16-17H2,1H3,(H,34,36)/t18-,28-/m0/s1. The third-order valence-electron chi connectivity index (χ3n) is 6.23. The second-order valence-corrected chi connectivity index (χ2v) is 9.72. The van der Waals surface area contributed by atoms with Gasteiger partial charge in [0.15, 0.2) is 5.54 Å². The molecule has 3 aromatic rings. The maximum atomic E-state index is 14.0. The number of amides is 1. The maximum absolute atomic E-state index is 14.0. The van der Waals surface area contributed by atoms with Crippen LogP contribution < -0.4 is 15.6 Å². The maximum Gasteiger partial charge on any atom is 0.266 e. The highest BCUT2D eigenvalue weighted by molar-refractivity contribution is 9.10. The van der Waals surface area contributed by atoms with Gasteiger partial charge in [0, 0.05) is 41.6 Å². The Morgan fingerprint density at radius 2 is 1.89 bits per heavy atom. The lowest BCUT2D eigenvalue weighted by atomic mass is 9.86. The summed E-state index contributed by atoms with van der Waals surface area (Å²) >= 11 is 3.55. The van der Waals surface area contributed by atoms with Crippen molar-refractivity contribution in [1.29, 1.82) is 0 Å². The number of ether oxygens (including phenoxy) is 2. The van der Waals surface area contributed by atoms with E-state index >= 15 is 0 Å². The van der Waals surface area contributed by atoms with E-state index in [-0.39, 0.29) is 25.1 Å². The molecule has 10 heteroatoms. The highest BCUT2D eigenvalue weighted by atomic mass is 79.9. The monoisotopic (exact) mass is 587 g/mol. The van der Waals surface area contributed by atoms with Crippen LogP contribution in [-0.4, -0.2) is 41.8 Å². The smallest absolute Gasteiger partial charge is 0.266 e. The summed E-state index contributed by atoms with van der Waals surface area (Å²) in [6, 6.07) is 17.8. The summed E-state index contributed by atoms with van der Waals surface area (Å²) in [6.45, 7) is 2.09. The fourth-order valence-electron chi connectivity index (χ4n) is 4.08. The van der Waals surface area contributed by atoms with Gasteiger partial charge in [0.1, 0.15) is 23.5 Å². The SMILES string of the molecule is C[C@@H]1OC(c2ccc(OCCCO)cc2)=N[C@]1(Cc1ccccc1Br)C(=O)NNCc1cc(F)ccc1F. The van der Waals surface area contributed by atoms with Crippen LogP contribution in [0, 0.1) is 11.6 Å². The Kier molecular flexibility index (Phi) is 9.09. The molecule has 0 saturated heterocycles. The first-order valence-electron chi connectivity index (χ1n) is 12.1. The average molecular weight is 588 g/mol. The number of aliphatic hydroxyl groups excluding tert-OH is 1. The van der Waals surface area contributed by atoms with Gasteiger partial charge in [-0.25, -0.2) is 19.2 Å². The van der Waals surface area contributed by atoms with Gasteiger partial charge in [-0.15, -0.1) is 0 Å². The molecule has 7 nitrogen and oxygen atoms in total. The third kappa shape index (κ3) is 6.38. The van der Waals surface area contributed by atoms with Crippen LogP contribution in [0.4, 0.5) is 8.78 Å². The van der Waals surface area contributed by atoms with Crippen molar-refractivity contribution in [3.63, 3.8) is 0 Å². The fraction of sp³-hybridized carbons (Fsp3) is 0.286. The predicted molar refractivity (Wildman–Crippen MR) is 143 cm³/mol. The van der Waals surface area contributed by atoms with Crippen LogP contribution in [0.1, 0.15) is 30.0 Å². The topological polar surface area (TPSA) is 92.2 Å². The molecule has 0 aromatic heterocycles. The quantitative estimate of drug-likeness (QED) is 0.228. The van der Waals surface area contributed by atoms with Crippen molar-refractivity contribution >= 4 is 27.7 Å². The normalized spacial score (nSPS) is 18.6. The third-order valence-corrected chi connectivity index (χ3v) is 7.01. The van der Waals surface area contributed by atoms with Crippen molar-refractivity contribution in [3.05, 3.63) is 99.5 Å². The van der Waals surface area contributed by atoms with E-state index in [0.29, 0.717) is 30.2 Å². The Labute approximate surface area is 228 Å². The van der Waals surface area contributed by atoms with Crippen LogP contribution in [0.2, 0.25) is 0 Å². The van der Waals surface area contributed by atoms with Crippen LogP contribution in [0.5, 0.6) is 5.75 Å². The lowest BCUT2D eigenvalue weighted by Crippen LogP contribution is -2.55. The van der Waals surface area contributed by atoms with Gasteiger partial charge < -0.3 is 14.6 Å². The zero-order valence-corrected chi connectivity index (χ0v) is 22.3. The molecule has 2 atom stereocenters. The Balaban J connectivity index is 1.58. The summed E-state index contributed by atoms with van der Waals surface area (Å²) in [6.07, 6.45) is 0.114. The van der Waals surface area contributed by atoms with Gasteiger partial charge in [0.2, 0.25) is 5.90 Å². The van der Waals surface area contributed by atoms with E-state index in [2.05, 4.69) is 26.8 Å². The molecule has 0 unspecified atom stereocenters. The predicted octanol–water partition coefficient (Wildman–Crippen LogP) is 4.46. The number of benzene rings is 3. The lowest BCUT2D eigenvalue weighted by molar-refractivity contribution is -0.129. The number of carbonyl (C=O) groups excluding carboxylic acids is 1. The number of hydrogen-bond acceptors (Lipinski definition) is 6. The molecule has 200 valence electrons. The second-order valence-electron chi connectivity index (χ2n) is 8.86. The molecule has 0 saturated carbocycles. The number of hydrazine groups is 1. The van der Waals surface area contributed by atoms with Gasteiger partial charge in [-0.1, -0.05) is 34.1 Å². The summed E-state index contributed by atoms with van der Waals surface area (Å²) in [5.41, 5.74) is 5.58. The molecule has 1 heterocycles. The summed E-state index contributed by atoms with van der Waals surface area (Å²) in [5, 5.41) is 8.92. The molecule has 1 amide bonds. The number of aliphatic imine (C=N–C) groups is 1. The molecular formula is C28H28BrF2N3O4. The van der Waals surface area contributed by atoms with Gasteiger partial charge in [-0.05, 0) is 61.0 Å². The first-order valence-corrected chi connectivity index (χ1v) is 12.9. The molecule has 4 rings (SSSR count). The molecular weight excluding hydrogens is 560 g/mol. The van der Waals surface area contributed by atoms with E-state index < -0.39 is 29.2 Å². The molecule has 0 radical (unpaired) electrons. The van der Waals surface area contributed by atoms with Crippen LogP contribution in [-0.2, 0) is 22.5 Å². The Morgan fingerprint density at radius 1 is 1.13 bits per heavy atom. The van der Waals surface area contributed by atoms with Crippen molar-refractivity contribution in [2.24, 2.45) is 4.99 Å². The van der Waals surface area contributed by atoms with Crippen molar-refractivity contribution in [2.45, 2.75) is 38.0 Å². The fourth-order valence-corrected chi connectivity index (χ4v) is 4.51. The first kappa shape index (κ1) is 27.7. The van der Waals surface area contributed by atoms with Crippen LogP contribution in [0.25, 0.3) is 0 Å². The number of carbonyl (C=O) groups is 1. The van der Waals surface area contributed by atoms with Crippen LogP contribution >= 0.6 is 15.9 Å².